The second kappa shape index (κ2) is 7.38. The predicted molar refractivity (Wildman–Crippen MR) is 73.7 cm³/mol. The first-order valence-corrected chi connectivity index (χ1v) is 7.97. The number of sulfone groups is 1. The first-order valence-electron chi connectivity index (χ1n) is 6.15. The average Bonchev–Trinajstić information content (AvgIpc) is 2.35. The van der Waals surface area contributed by atoms with Gasteiger partial charge in [-0.25, -0.2) is 8.42 Å². The van der Waals surface area contributed by atoms with Gasteiger partial charge in [0.2, 0.25) is 0 Å². The zero-order chi connectivity index (χ0) is 13.4. The summed E-state index contributed by atoms with van der Waals surface area (Å²) in [5, 5.41) is 3.14. The Bertz CT molecular complexity index is 431. The molecule has 4 nitrogen and oxygen atoms in total. The number of benzene rings is 1. The van der Waals surface area contributed by atoms with Crippen LogP contribution in [-0.4, -0.2) is 39.1 Å². The molecule has 1 aromatic rings. The quantitative estimate of drug-likeness (QED) is 0.728. The van der Waals surface area contributed by atoms with Crippen molar-refractivity contribution < 1.29 is 13.2 Å². The summed E-state index contributed by atoms with van der Waals surface area (Å²) in [6, 6.07) is 9.51. The van der Waals surface area contributed by atoms with Crippen molar-refractivity contribution in [2.45, 2.75) is 19.9 Å². The number of hydrogen-bond donors (Lipinski definition) is 1. The van der Waals surface area contributed by atoms with Crippen LogP contribution in [0.1, 0.15) is 13.8 Å². The van der Waals surface area contributed by atoms with Crippen molar-refractivity contribution in [2.24, 2.45) is 0 Å². The smallest absolute Gasteiger partial charge is 0.151 e. The van der Waals surface area contributed by atoms with Crippen molar-refractivity contribution in [3.05, 3.63) is 30.3 Å². The molecule has 0 saturated carbocycles. The third kappa shape index (κ3) is 6.02. The Kier molecular flexibility index (Phi) is 6.15. The molecule has 0 aromatic heterocycles. The highest BCUT2D eigenvalue weighted by Crippen LogP contribution is 2.07. The monoisotopic (exact) mass is 271 g/mol. The summed E-state index contributed by atoms with van der Waals surface area (Å²) in [6.45, 7) is 4.70. The Balaban J connectivity index is 2.18. The van der Waals surface area contributed by atoms with Gasteiger partial charge in [0.25, 0.3) is 0 Å². The van der Waals surface area contributed by atoms with E-state index in [0.29, 0.717) is 13.2 Å². The minimum absolute atomic E-state index is 0.0469. The van der Waals surface area contributed by atoms with E-state index < -0.39 is 9.84 Å². The molecule has 0 spiro atoms. The fraction of sp³-hybridized carbons (Fsp3) is 0.538. The van der Waals surface area contributed by atoms with Gasteiger partial charge in [0.05, 0.1) is 5.75 Å². The molecule has 0 saturated heterocycles. The summed E-state index contributed by atoms with van der Waals surface area (Å²) in [5.41, 5.74) is 0. The molecule has 0 aliphatic carbocycles. The largest absolute Gasteiger partial charge is 0.492 e. The van der Waals surface area contributed by atoms with Gasteiger partial charge in [0.1, 0.15) is 12.4 Å². The second-order valence-electron chi connectivity index (χ2n) is 4.22. The van der Waals surface area contributed by atoms with Gasteiger partial charge in [0, 0.05) is 18.3 Å². The molecule has 1 aromatic carbocycles. The number of ether oxygens (including phenoxy) is 1. The summed E-state index contributed by atoms with van der Waals surface area (Å²) in [6.07, 6.45) is 0. The van der Waals surface area contributed by atoms with Crippen LogP contribution in [0.4, 0.5) is 0 Å². The van der Waals surface area contributed by atoms with Crippen LogP contribution in [0.2, 0.25) is 0 Å². The standard InChI is InChI=1S/C13H21NO3S/c1-3-18(15,16)11-12(2)14-9-10-17-13-7-5-4-6-8-13/h4-8,12,14H,3,9-11H2,1-2H3. The minimum Gasteiger partial charge on any atom is -0.492 e. The van der Waals surface area contributed by atoms with Crippen LogP contribution in [0.3, 0.4) is 0 Å². The number of nitrogens with one attached hydrogen (secondary N) is 1. The van der Waals surface area contributed by atoms with Gasteiger partial charge < -0.3 is 10.1 Å². The summed E-state index contributed by atoms with van der Waals surface area (Å²) >= 11 is 0. The molecule has 102 valence electrons. The van der Waals surface area contributed by atoms with E-state index in [4.69, 9.17) is 4.74 Å². The van der Waals surface area contributed by atoms with E-state index in [1.165, 1.54) is 0 Å². The van der Waals surface area contributed by atoms with Gasteiger partial charge in [-0.15, -0.1) is 0 Å². The van der Waals surface area contributed by atoms with Crippen molar-refractivity contribution in [3.8, 4) is 5.75 Å². The van der Waals surface area contributed by atoms with Crippen molar-refractivity contribution in [1.82, 2.24) is 5.32 Å². The molecule has 0 amide bonds. The molecular weight excluding hydrogens is 250 g/mol. The van der Waals surface area contributed by atoms with Crippen LogP contribution in [0.25, 0.3) is 0 Å². The summed E-state index contributed by atoms with van der Waals surface area (Å²) in [7, 11) is -2.91. The maximum absolute atomic E-state index is 11.4. The Hall–Kier alpha value is -1.07. The molecule has 0 bridgehead atoms. The van der Waals surface area contributed by atoms with Crippen LogP contribution < -0.4 is 10.1 Å². The van der Waals surface area contributed by atoms with Crippen molar-refractivity contribution in [1.29, 1.82) is 0 Å². The lowest BCUT2D eigenvalue weighted by molar-refractivity contribution is 0.309. The normalized spacial score (nSPS) is 13.2. The third-order valence-electron chi connectivity index (χ3n) is 2.55. The second-order valence-corrected chi connectivity index (χ2v) is 6.61. The lowest BCUT2D eigenvalue weighted by atomic mass is 10.3. The predicted octanol–water partition coefficient (Wildman–Crippen LogP) is 1.48. The van der Waals surface area contributed by atoms with Gasteiger partial charge in [0.15, 0.2) is 9.84 Å². The molecule has 0 fully saturated rings. The zero-order valence-corrected chi connectivity index (χ0v) is 11.7. The van der Waals surface area contributed by atoms with Crippen molar-refractivity contribution in [3.63, 3.8) is 0 Å². The van der Waals surface area contributed by atoms with Crippen molar-refractivity contribution >= 4 is 9.84 Å². The highest BCUT2D eigenvalue weighted by molar-refractivity contribution is 7.91. The van der Waals surface area contributed by atoms with Crippen LogP contribution in [0.15, 0.2) is 30.3 Å². The third-order valence-corrected chi connectivity index (χ3v) is 4.44. The lowest BCUT2D eigenvalue weighted by Gasteiger charge is -2.13. The molecule has 0 aliphatic heterocycles. The molecule has 0 aliphatic rings. The first-order chi connectivity index (χ1) is 8.53. The number of hydrogen-bond acceptors (Lipinski definition) is 4. The molecular formula is C13H21NO3S. The van der Waals surface area contributed by atoms with Gasteiger partial charge in [-0.1, -0.05) is 25.1 Å². The topological polar surface area (TPSA) is 55.4 Å². The van der Waals surface area contributed by atoms with E-state index in [1.54, 1.807) is 6.92 Å². The number of rotatable bonds is 8. The zero-order valence-electron chi connectivity index (χ0n) is 10.9. The Morgan fingerprint density at radius 1 is 1.28 bits per heavy atom. The molecule has 18 heavy (non-hydrogen) atoms. The van der Waals surface area contributed by atoms with E-state index >= 15 is 0 Å². The van der Waals surface area contributed by atoms with E-state index in [2.05, 4.69) is 5.32 Å². The maximum atomic E-state index is 11.4. The molecule has 1 unspecified atom stereocenters. The van der Waals surface area contributed by atoms with Crippen molar-refractivity contribution in [2.75, 3.05) is 24.7 Å². The van der Waals surface area contributed by atoms with Gasteiger partial charge >= 0.3 is 0 Å². The number of para-hydroxylation sites is 1. The average molecular weight is 271 g/mol. The Morgan fingerprint density at radius 2 is 1.94 bits per heavy atom. The molecule has 0 heterocycles. The summed E-state index contributed by atoms with van der Waals surface area (Å²) < 4.78 is 28.3. The highest BCUT2D eigenvalue weighted by atomic mass is 32.2. The van der Waals surface area contributed by atoms with E-state index in [0.717, 1.165) is 5.75 Å². The molecule has 1 rings (SSSR count). The lowest BCUT2D eigenvalue weighted by Crippen LogP contribution is -2.36. The van der Waals surface area contributed by atoms with Crippen LogP contribution >= 0.6 is 0 Å². The molecule has 0 radical (unpaired) electrons. The SMILES string of the molecule is CCS(=O)(=O)CC(C)NCCOc1ccccc1. The first kappa shape index (κ1) is 15.0. The highest BCUT2D eigenvalue weighted by Gasteiger charge is 2.12. The molecule has 1 atom stereocenters. The van der Waals surface area contributed by atoms with Crippen LogP contribution in [0, 0.1) is 0 Å². The van der Waals surface area contributed by atoms with Gasteiger partial charge in [-0.05, 0) is 19.1 Å². The fourth-order valence-corrected chi connectivity index (χ4v) is 2.66. The van der Waals surface area contributed by atoms with E-state index in [9.17, 15) is 8.42 Å². The van der Waals surface area contributed by atoms with Crippen LogP contribution in [0.5, 0.6) is 5.75 Å². The van der Waals surface area contributed by atoms with Gasteiger partial charge in [-0.2, -0.15) is 0 Å². The molecule has 5 heteroatoms. The fourth-order valence-electron chi connectivity index (χ4n) is 1.55. The summed E-state index contributed by atoms with van der Waals surface area (Å²) in [5.74, 6) is 1.20. The van der Waals surface area contributed by atoms with E-state index in [1.807, 2.05) is 37.3 Å². The minimum atomic E-state index is -2.91. The van der Waals surface area contributed by atoms with Crippen LogP contribution in [-0.2, 0) is 9.84 Å². The summed E-state index contributed by atoms with van der Waals surface area (Å²) in [4.78, 5) is 0. The Morgan fingerprint density at radius 3 is 2.56 bits per heavy atom. The Labute approximate surface area is 109 Å². The molecule has 1 N–H and O–H groups in total. The van der Waals surface area contributed by atoms with Gasteiger partial charge in [-0.3, -0.25) is 0 Å². The maximum Gasteiger partial charge on any atom is 0.151 e. The van der Waals surface area contributed by atoms with E-state index in [-0.39, 0.29) is 17.5 Å².